The molecule has 0 saturated carbocycles. The van der Waals surface area contributed by atoms with Gasteiger partial charge in [0.05, 0.1) is 6.61 Å². The molecular weight excluding hydrogens is 226 g/mol. The van der Waals surface area contributed by atoms with Crippen LogP contribution in [0.2, 0.25) is 0 Å². The Morgan fingerprint density at radius 2 is 2.22 bits per heavy atom. The second-order valence-corrected chi connectivity index (χ2v) is 6.39. The molecule has 2 aliphatic rings. The maximum atomic E-state index is 6.05. The van der Waals surface area contributed by atoms with Gasteiger partial charge >= 0.3 is 0 Å². The summed E-state index contributed by atoms with van der Waals surface area (Å²) in [7, 11) is 4.33. The molecule has 0 radical (unpaired) electrons. The molecule has 0 aromatic carbocycles. The van der Waals surface area contributed by atoms with Crippen LogP contribution in [0, 0.1) is 5.41 Å². The van der Waals surface area contributed by atoms with E-state index in [4.69, 9.17) is 10.5 Å². The third kappa shape index (κ3) is 3.44. The van der Waals surface area contributed by atoms with Crippen molar-refractivity contribution in [2.75, 3.05) is 53.5 Å². The fraction of sp³-hybridized carbons (Fsp3) is 1.00. The van der Waals surface area contributed by atoms with Crippen molar-refractivity contribution in [3.8, 4) is 0 Å². The standard InChI is InChI=1S/C14H29N3O/c1-16(2)9-13-5-3-7-17(13)11-14(10-15)6-4-8-18-12-14/h13H,3-12,15H2,1-2H3. The number of likely N-dealkylation sites (N-methyl/N-ethyl adjacent to an activating group) is 1. The molecule has 0 aliphatic carbocycles. The van der Waals surface area contributed by atoms with Gasteiger partial charge in [0.2, 0.25) is 0 Å². The average molecular weight is 255 g/mol. The number of rotatable bonds is 5. The summed E-state index contributed by atoms with van der Waals surface area (Å²) in [5.74, 6) is 0. The first kappa shape index (κ1) is 14.3. The molecule has 2 aliphatic heterocycles. The van der Waals surface area contributed by atoms with Crippen LogP contribution in [0.3, 0.4) is 0 Å². The molecule has 2 saturated heterocycles. The summed E-state index contributed by atoms with van der Waals surface area (Å²) in [4.78, 5) is 4.96. The van der Waals surface area contributed by atoms with Gasteiger partial charge in [0.25, 0.3) is 0 Å². The summed E-state index contributed by atoms with van der Waals surface area (Å²) >= 11 is 0. The van der Waals surface area contributed by atoms with E-state index in [0.717, 1.165) is 26.3 Å². The molecule has 2 rings (SSSR count). The predicted molar refractivity (Wildman–Crippen MR) is 74.7 cm³/mol. The van der Waals surface area contributed by atoms with Crippen LogP contribution in [-0.2, 0) is 4.74 Å². The molecule has 4 nitrogen and oxygen atoms in total. The molecule has 2 unspecified atom stereocenters. The number of nitrogens with two attached hydrogens (primary N) is 1. The number of likely N-dealkylation sites (tertiary alicyclic amines) is 1. The highest BCUT2D eigenvalue weighted by Crippen LogP contribution is 2.31. The van der Waals surface area contributed by atoms with Crippen LogP contribution in [0.5, 0.6) is 0 Å². The summed E-state index contributed by atoms with van der Waals surface area (Å²) in [6.07, 6.45) is 5.07. The van der Waals surface area contributed by atoms with Gasteiger partial charge in [-0.15, -0.1) is 0 Å². The molecule has 106 valence electrons. The van der Waals surface area contributed by atoms with Crippen molar-refractivity contribution in [2.24, 2.45) is 11.1 Å². The molecule has 0 amide bonds. The van der Waals surface area contributed by atoms with Gasteiger partial charge in [-0.1, -0.05) is 0 Å². The zero-order chi connectivity index (χ0) is 13.0. The molecule has 0 bridgehead atoms. The smallest absolute Gasteiger partial charge is 0.0546 e. The summed E-state index contributed by atoms with van der Waals surface area (Å²) in [5, 5.41) is 0. The number of hydrogen-bond acceptors (Lipinski definition) is 4. The van der Waals surface area contributed by atoms with Crippen LogP contribution in [0.4, 0.5) is 0 Å². The first-order chi connectivity index (χ1) is 8.65. The van der Waals surface area contributed by atoms with Gasteiger partial charge in [-0.3, -0.25) is 4.90 Å². The fourth-order valence-electron chi connectivity index (χ4n) is 3.42. The van der Waals surface area contributed by atoms with E-state index in [9.17, 15) is 0 Å². The largest absolute Gasteiger partial charge is 0.381 e. The second kappa shape index (κ2) is 6.33. The van der Waals surface area contributed by atoms with E-state index in [0.29, 0.717) is 6.04 Å². The van der Waals surface area contributed by atoms with Crippen molar-refractivity contribution in [2.45, 2.75) is 31.7 Å². The third-order valence-electron chi connectivity index (χ3n) is 4.45. The molecule has 0 spiro atoms. The number of hydrogen-bond donors (Lipinski definition) is 1. The minimum absolute atomic E-state index is 0.215. The van der Waals surface area contributed by atoms with Crippen LogP contribution in [0.1, 0.15) is 25.7 Å². The van der Waals surface area contributed by atoms with E-state index >= 15 is 0 Å². The first-order valence-electron chi connectivity index (χ1n) is 7.32. The van der Waals surface area contributed by atoms with Gasteiger partial charge in [0, 0.05) is 37.7 Å². The van der Waals surface area contributed by atoms with Gasteiger partial charge in [-0.05, 0) is 46.3 Å². The van der Waals surface area contributed by atoms with Crippen LogP contribution >= 0.6 is 0 Å². The van der Waals surface area contributed by atoms with Crippen molar-refractivity contribution in [1.29, 1.82) is 0 Å². The molecule has 0 aromatic heterocycles. The Bertz CT molecular complexity index is 251. The van der Waals surface area contributed by atoms with Crippen LogP contribution in [0.15, 0.2) is 0 Å². The molecule has 0 aromatic rings. The molecule has 2 atom stereocenters. The highest BCUT2D eigenvalue weighted by atomic mass is 16.5. The van der Waals surface area contributed by atoms with Crippen molar-refractivity contribution >= 4 is 0 Å². The van der Waals surface area contributed by atoms with E-state index in [1.807, 2.05) is 0 Å². The van der Waals surface area contributed by atoms with E-state index < -0.39 is 0 Å². The summed E-state index contributed by atoms with van der Waals surface area (Å²) in [5.41, 5.74) is 6.26. The van der Waals surface area contributed by atoms with Gasteiger partial charge in [-0.25, -0.2) is 0 Å². The Hall–Kier alpha value is -0.160. The Labute approximate surface area is 111 Å². The number of nitrogens with zero attached hydrogens (tertiary/aromatic N) is 2. The summed E-state index contributed by atoms with van der Waals surface area (Å²) < 4.78 is 5.69. The summed E-state index contributed by atoms with van der Waals surface area (Å²) in [6, 6.07) is 0.713. The number of ether oxygens (including phenoxy) is 1. The van der Waals surface area contributed by atoms with Crippen molar-refractivity contribution in [3.63, 3.8) is 0 Å². The van der Waals surface area contributed by atoms with E-state index in [-0.39, 0.29) is 5.41 Å². The highest BCUT2D eigenvalue weighted by molar-refractivity contribution is 4.91. The van der Waals surface area contributed by atoms with Crippen molar-refractivity contribution in [1.82, 2.24) is 9.80 Å². The predicted octanol–water partition coefficient (Wildman–Crippen LogP) is 0.768. The monoisotopic (exact) mass is 255 g/mol. The third-order valence-corrected chi connectivity index (χ3v) is 4.45. The van der Waals surface area contributed by atoms with Gasteiger partial charge < -0.3 is 15.4 Å². The van der Waals surface area contributed by atoms with Crippen LogP contribution in [-0.4, -0.2) is 69.3 Å². The second-order valence-electron chi connectivity index (χ2n) is 6.39. The maximum absolute atomic E-state index is 6.05. The SMILES string of the molecule is CN(C)CC1CCCN1CC1(CN)CCCOC1. The van der Waals surface area contributed by atoms with Crippen LogP contribution < -0.4 is 5.73 Å². The van der Waals surface area contributed by atoms with E-state index in [1.54, 1.807) is 0 Å². The van der Waals surface area contributed by atoms with Crippen molar-refractivity contribution in [3.05, 3.63) is 0 Å². The molecule has 2 N–H and O–H groups in total. The van der Waals surface area contributed by atoms with Crippen LogP contribution in [0.25, 0.3) is 0 Å². The average Bonchev–Trinajstić information content (AvgIpc) is 2.77. The Morgan fingerprint density at radius 3 is 2.83 bits per heavy atom. The van der Waals surface area contributed by atoms with Crippen molar-refractivity contribution < 1.29 is 4.74 Å². The van der Waals surface area contributed by atoms with Gasteiger partial charge in [0.15, 0.2) is 0 Å². The molecular formula is C14H29N3O. The minimum atomic E-state index is 0.215. The Balaban J connectivity index is 1.93. The molecule has 2 fully saturated rings. The van der Waals surface area contributed by atoms with Gasteiger partial charge in [-0.2, -0.15) is 0 Å². The lowest BCUT2D eigenvalue weighted by molar-refractivity contribution is -0.0248. The highest BCUT2D eigenvalue weighted by Gasteiger charge is 2.37. The first-order valence-corrected chi connectivity index (χ1v) is 7.32. The quantitative estimate of drug-likeness (QED) is 0.788. The summed E-state index contributed by atoms with van der Waals surface area (Å²) in [6.45, 7) is 6.07. The maximum Gasteiger partial charge on any atom is 0.0546 e. The Kier molecular flexibility index (Phi) is 5.01. The molecule has 18 heavy (non-hydrogen) atoms. The molecule has 2 heterocycles. The fourth-order valence-corrected chi connectivity index (χ4v) is 3.42. The lowest BCUT2D eigenvalue weighted by Gasteiger charge is -2.41. The Morgan fingerprint density at radius 1 is 1.39 bits per heavy atom. The lowest BCUT2D eigenvalue weighted by Crippen LogP contribution is -2.50. The zero-order valence-electron chi connectivity index (χ0n) is 12.0. The van der Waals surface area contributed by atoms with Gasteiger partial charge in [0.1, 0.15) is 0 Å². The topological polar surface area (TPSA) is 41.7 Å². The molecule has 4 heteroatoms. The normalized spacial score (nSPS) is 34.3. The zero-order valence-corrected chi connectivity index (χ0v) is 12.0. The lowest BCUT2D eigenvalue weighted by atomic mass is 9.82. The van der Waals surface area contributed by atoms with E-state index in [2.05, 4.69) is 23.9 Å². The van der Waals surface area contributed by atoms with E-state index in [1.165, 1.54) is 38.8 Å². The minimum Gasteiger partial charge on any atom is -0.381 e.